The Morgan fingerprint density at radius 2 is 1.68 bits per heavy atom. The largest absolute Gasteiger partial charge is 0.352 e. The summed E-state index contributed by atoms with van der Waals surface area (Å²) < 4.78 is 27.7. The van der Waals surface area contributed by atoms with Gasteiger partial charge in [-0.05, 0) is 48.2 Å². The van der Waals surface area contributed by atoms with E-state index in [1.165, 1.54) is 24.3 Å². The Kier molecular flexibility index (Phi) is 6.20. The van der Waals surface area contributed by atoms with Gasteiger partial charge in [-0.1, -0.05) is 39.0 Å². The predicted molar refractivity (Wildman–Crippen MR) is 100 cm³/mol. The van der Waals surface area contributed by atoms with Gasteiger partial charge in [-0.15, -0.1) is 0 Å². The van der Waals surface area contributed by atoms with Crippen LogP contribution >= 0.6 is 0 Å². The molecule has 0 saturated carbocycles. The Bertz CT molecular complexity index is 828. The number of aryl methyl sites for hydroxylation is 1. The second-order valence-corrected chi connectivity index (χ2v) is 7.93. The van der Waals surface area contributed by atoms with E-state index in [0.29, 0.717) is 23.7 Å². The Hall–Kier alpha value is -2.34. The Balaban J connectivity index is 2.16. The van der Waals surface area contributed by atoms with Gasteiger partial charge in [-0.25, -0.2) is 8.42 Å². The number of sulfonamides is 1. The van der Waals surface area contributed by atoms with Crippen LogP contribution in [0.2, 0.25) is 0 Å². The summed E-state index contributed by atoms with van der Waals surface area (Å²) in [5, 5.41) is 2.81. The molecular weight excluding hydrogens is 336 g/mol. The lowest BCUT2D eigenvalue weighted by molar-refractivity contribution is 0.0949. The standard InChI is InChI=1S/C19H24N2O3S/c1-4-15-7-5-6-8-18(15)21-25(23,24)17-11-9-16(10-12-17)19(22)20-13-14(2)3/h5-12,14,21H,4,13H2,1-3H3,(H,20,22). The number of amides is 1. The van der Waals surface area contributed by atoms with E-state index in [-0.39, 0.29) is 10.8 Å². The van der Waals surface area contributed by atoms with Crippen molar-refractivity contribution in [1.82, 2.24) is 5.32 Å². The molecule has 0 saturated heterocycles. The molecule has 1 amide bonds. The molecule has 2 aromatic rings. The lowest BCUT2D eigenvalue weighted by Crippen LogP contribution is -2.27. The SMILES string of the molecule is CCc1ccccc1NS(=O)(=O)c1ccc(C(=O)NCC(C)C)cc1. The molecule has 0 bridgehead atoms. The smallest absolute Gasteiger partial charge is 0.261 e. The van der Waals surface area contributed by atoms with Crippen LogP contribution in [0.3, 0.4) is 0 Å². The number of carbonyl (C=O) groups is 1. The maximum Gasteiger partial charge on any atom is 0.261 e. The molecule has 2 rings (SSSR count). The zero-order valence-electron chi connectivity index (χ0n) is 14.7. The van der Waals surface area contributed by atoms with E-state index in [2.05, 4.69) is 10.0 Å². The molecule has 2 N–H and O–H groups in total. The second kappa shape index (κ2) is 8.16. The van der Waals surface area contributed by atoms with Gasteiger partial charge in [0.2, 0.25) is 0 Å². The quantitative estimate of drug-likeness (QED) is 0.794. The molecule has 6 heteroatoms. The van der Waals surface area contributed by atoms with Gasteiger partial charge in [-0.2, -0.15) is 0 Å². The van der Waals surface area contributed by atoms with Crippen molar-refractivity contribution in [2.24, 2.45) is 5.92 Å². The first-order chi connectivity index (χ1) is 11.8. The van der Waals surface area contributed by atoms with Gasteiger partial charge in [0.05, 0.1) is 10.6 Å². The van der Waals surface area contributed by atoms with Crippen molar-refractivity contribution in [3.8, 4) is 0 Å². The van der Waals surface area contributed by atoms with E-state index in [1.54, 1.807) is 12.1 Å². The highest BCUT2D eigenvalue weighted by atomic mass is 32.2. The number of hydrogen-bond acceptors (Lipinski definition) is 3. The highest BCUT2D eigenvalue weighted by molar-refractivity contribution is 7.92. The summed E-state index contributed by atoms with van der Waals surface area (Å²) in [6.45, 7) is 6.57. The fourth-order valence-corrected chi connectivity index (χ4v) is 3.42. The number of nitrogens with one attached hydrogen (secondary N) is 2. The molecule has 5 nitrogen and oxygen atoms in total. The monoisotopic (exact) mass is 360 g/mol. The van der Waals surface area contributed by atoms with E-state index in [1.807, 2.05) is 32.9 Å². The van der Waals surface area contributed by atoms with E-state index >= 15 is 0 Å². The van der Waals surface area contributed by atoms with Crippen LogP contribution in [0.4, 0.5) is 5.69 Å². The van der Waals surface area contributed by atoms with Crippen molar-refractivity contribution in [1.29, 1.82) is 0 Å². The van der Waals surface area contributed by atoms with Crippen LogP contribution in [-0.2, 0) is 16.4 Å². The maximum atomic E-state index is 12.6. The minimum atomic E-state index is -3.70. The molecule has 0 unspecified atom stereocenters. The molecule has 134 valence electrons. The summed E-state index contributed by atoms with van der Waals surface area (Å²) in [5.74, 6) is 0.147. The van der Waals surface area contributed by atoms with Crippen molar-refractivity contribution >= 4 is 21.6 Å². The van der Waals surface area contributed by atoms with Crippen molar-refractivity contribution in [2.75, 3.05) is 11.3 Å². The molecule has 0 aliphatic carbocycles. The van der Waals surface area contributed by atoms with Crippen molar-refractivity contribution < 1.29 is 13.2 Å². The number of rotatable bonds is 7. The van der Waals surface area contributed by atoms with Crippen LogP contribution in [0.15, 0.2) is 53.4 Å². The van der Waals surface area contributed by atoms with Gasteiger partial charge in [0, 0.05) is 12.1 Å². The van der Waals surface area contributed by atoms with Gasteiger partial charge in [-0.3, -0.25) is 9.52 Å². The normalized spacial score (nSPS) is 11.4. The molecule has 0 aliphatic rings. The van der Waals surface area contributed by atoms with Crippen molar-refractivity contribution in [2.45, 2.75) is 32.1 Å². The molecule has 0 spiro atoms. The third kappa shape index (κ3) is 5.06. The van der Waals surface area contributed by atoms with Crippen molar-refractivity contribution in [3.05, 3.63) is 59.7 Å². The average Bonchev–Trinajstić information content (AvgIpc) is 2.60. The van der Waals surface area contributed by atoms with Crippen LogP contribution in [0.25, 0.3) is 0 Å². The average molecular weight is 360 g/mol. The summed E-state index contributed by atoms with van der Waals surface area (Å²) in [6, 6.07) is 13.2. The predicted octanol–water partition coefficient (Wildman–Crippen LogP) is 3.44. The van der Waals surface area contributed by atoms with Crippen LogP contribution in [0.1, 0.15) is 36.7 Å². The lowest BCUT2D eigenvalue weighted by atomic mass is 10.1. The minimum Gasteiger partial charge on any atom is -0.352 e. The molecule has 0 radical (unpaired) electrons. The van der Waals surface area contributed by atoms with E-state index in [9.17, 15) is 13.2 Å². The van der Waals surface area contributed by atoms with Crippen molar-refractivity contribution in [3.63, 3.8) is 0 Å². The van der Waals surface area contributed by atoms with Crippen LogP contribution in [-0.4, -0.2) is 20.9 Å². The highest BCUT2D eigenvalue weighted by Crippen LogP contribution is 2.20. The fraction of sp³-hybridized carbons (Fsp3) is 0.316. The second-order valence-electron chi connectivity index (χ2n) is 6.24. The molecule has 0 fully saturated rings. The fourth-order valence-electron chi connectivity index (χ4n) is 2.32. The number of para-hydroxylation sites is 1. The maximum absolute atomic E-state index is 12.6. The number of hydrogen-bond donors (Lipinski definition) is 2. The molecule has 0 heterocycles. The van der Waals surface area contributed by atoms with Crippen LogP contribution in [0.5, 0.6) is 0 Å². The van der Waals surface area contributed by atoms with Crippen LogP contribution in [0, 0.1) is 5.92 Å². The summed E-state index contributed by atoms with van der Waals surface area (Å²) >= 11 is 0. The lowest BCUT2D eigenvalue weighted by Gasteiger charge is -2.12. The van der Waals surface area contributed by atoms with Gasteiger partial charge < -0.3 is 5.32 Å². The van der Waals surface area contributed by atoms with E-state index in [4.69, 9.17) is 0 Å². The first-order valence-corrected chi connectivity index (χ1v) is 9.80. The van der Waals surface area contributed by atoms with E-state index in [0.717, 1.165) is 12.0 Å². The highest BCUT2D eigenvalue weighted by Gasteiger charge is 2.16. The molecule has 25 heavy (non-hydrogen) atoms. The Morgan fingerprint density at radius 1 is 1.04 bits per heavy atom. The summed E-state index contributed by atoms with van der Waals surface area (Å²) in [7, 11) is -3.70. The minimum absolute atomic E-state index is 0.124. The molecule has 0 atom stereocenters. The van der Waals surface area contributed by atoms with Gasteiger partial charge in [0.25, 0.3) is 15.9 Å². The third-order valence-electron chi connectivity index (χ3n) is 3.74. The summed E-state index contributed by atoms with van der Waals surface area (Å²) in [4.78, 5) is 12.1. The molecular formula is C19H24N2O3S. The molecule has 2 aromatic carbocycles. The first-order valence-electron chi connectivity index (χ1n) is 8.32. The number of carbonyl (C=O) groups excluding carboxylic acids is 1. The molecule has 0 aliphatic heterocycles. The molecule has 0 aromatic heterocycles. The van der Waals surface area contributed by atoms with Crippen LogP contribution < -0.4 is 10.0 Å². The van der Waals surface area contributed by atoms with Gasteiger partial charge >= 0.3 is 0 Å². The third-order valence-corrected chi connectivity index (χ3v) is 5.12. The number of anilines is 1. The van der Waals surface area contributed by atoms with Gasteiger partial charge in [0.1, 0.15) is 0 Å². The van der Waals surface area contributed by atoms with Gasteiger partial charge in [0.15, 0.2) is 0 Å². The summed E-state index contributed by atoms with van der Waals surface area (Å²) in [5.41, 5.74) is 1.94. The topological polar surface area (TPSA) is 75.3 Å². The zero-order chi connectivity index (χ0) is 18.4. The first kappa shape index (κ1) is 19.0. The Labute approximate surface area is 149 Å². The number of benzene rings is 2. The zero-order valence-corrected chi connectivity index (χ0v) is 15.6. The Morgan fingerprint density at radius 3 is 2.28 bits per heavy atom. The summed E-state index contributed by atoms with van der Waals surface area (Å²) in [6.07, 6.45) is 0.730. The van der Waals surface area contributed by atoms with E-state index < -0.39 is 10.0 Å².